The van der Waals surface area contributed by atoms with Crippen LogP contribution in [0.2, 0.25) is 0 Å². The van der Waals surface area contributed by atoms with E-state index in [9.17, 15) is 20.4 Å². The van der Waals surface area contributed by atoms with Crippen LogP contribution < -0.4 is 0 Å². The molecule has 31 heavy (non-hydrogen) atoms. The average molecular weight is 433 g/mol. The predicted molar refractivity (Wildman–Crippen MR) is 125 cm³/mol. The van der Waals surface area contributed by atoms with Gasteiger partial charge in [-0.15, -0.1) is 0 Å². The fourth-order valence-electron chi connectivity index (χ4n) is 6.86. The lowest BCUT2D eigenvalue weighted by Gasteiger charge is -2.44. The van der Waals surface area contributed by atoms with Gasteiger partial charge in [-0.3, -0.25) is 0 Å². The summed E-state index contributed by atoms with van der Waals surface area (Å²) in [6.07, 6.45) is 13.0. The first-order valence-electron chi connectivity index (χ1n) is 12.3. The minimum absolute atomic E-state index is 0.217. The summed E-state index contributed by atoms with van der Waals surface area (Å²) in [6.45, 7) is 10.2. The summed E-state index contributed by atoms with van der Waals surface area (Å²) in [6, 6.07) is 0. The van der Waals surface area contributed by atoms with Crippen LogP contribution in [-0.2, 0) is 0 Å². The molecule has 0 radical (unpaired) electrons. The third-order valence-electron chi connectivity index (χ3n) is 8.57. The van der Waals surface area contributed by atoms with E-state index in [1.54, 1.807) is 12.5 Å². The van der Waals surface area contributed by atoms with E-state index in [4.69, 9.17) is 0 Å². The molecule has 0 amide bonds. The Kier molecular flexibility index (Phi) is 7.89. The van der Waals surface area contributed by atoms with Crippen molar-refractivity contribution in [2.45, 2.75) is 103 Å². The molecule has 3 rings (SSSR count). The molecule has 7 atom stereocenters. The maximum absolute atomic E-state index is 10.5. The van der Waals surface area contributed by atoms with Crippen LogP contribution in [0.25, 0.3) is 0 Å². The van der Waals surface area contributed by atoms with Gasteiger partial charge in [0, 0.05) is 6.42 Å². The maximum atomic E-state index is 10.5. The molecule has 3 fully saturated rings. The maximum Gasteiger partial charge on any atom is 0.0874 e. The number of allylic oxidation sites excluding steroid dienone is 4. The summed E-state index contributed by atoms with van der Waals surface area (Å²) in [5.74, 6) is 1.53. The lowest BCUT2D eigenvalue weighted by Crippen LogP contribution is -2.38. The fraction of sp³-hybridized carbons (Fsp3) is 0.778. The molecule has 3 aliphatic rings. The number of aliphatic hydroxyl groups is 4. The van der Waals surface area contributed by atoms with Gasteiger partial charge in [0.2, 0.25) is 0 Å². The molecular weight excluding hydrogens is 388 g/mol. The van der Waals surface area contributed by atoms with Gasteiger partial charge in [-0.1, -0.05) is 43.7 Å². The highest BCUT2D eigenvalue weighted by atomic mass is 16.3. The van der Waals surface area contributed by atoms with Crippen LogP contribution in [0.15, 0.2) is 35.5 Å². The zero-order valence-corrected chi connectivity index (χ0v) is 19.8. The first-order valence-corrected chi connectivity index (χ1v) is 12.3. The topological polar surface area (TPSA) is 80.9 Å². The molecule has 0 heterocycles. The summed E-state index contributed by atoms with van der Waals surface area (Å²) in [5.41, 5.74) is 2.97. The number of rotatable bonds is 7. The van der Waals surface area contributed by atoms with Gasteiger partial charge < -0.3 is 20.4 Å². The molecule has 4 nitrogen and oxygen atoms in total. The lowest BCUT2D eigenvalue weighted by atomic mass is 9.60. The normalized spacial score (nSPS) is 38.2. The molecule has 0 bridgehead atoms. The zero-order valence-electron chi connectivity index (χ0n) is 19.8. The van der Waals surface area contributed by atoms with Gasteiger partial charge in [-0.2, -0.15) is 0 Å². The quantitative estimate of drug-likeness (QED) is 0.471. The summed E-state index contributed by atoms with van der Waals surface area (Å²) in [4.78, 5) is 0. The first-order chi connectivity index (χ1) is 14.6. The molecule has 0 saturated heterocycles. The van der Waals surface area contributed by atoms with Crippen LogP contribution in [0.5, 0.6) is 0 Å². The standard InChI is InChI=1S/C27H44O4/c1-18-7-10-22(29)15-21(18)9-8-20-6-5-13-27(4)24(11-12-25(20)27)19(2)14-23(30)16-26(3,31)17-28/h8-9,19,22-25,28-31H,1,5-7,10-17H2,2-4H3/b20-8+,21-9+/t19-,22-,23?,24-,25+,26?,27-/m1/s1. The molecule has 3 saturated carbocycles. The van der Waals surface area contributed by atoms with Gasteiger partial charge in [0.1, 0.15) is 0 Å². The van der Waals surface area contributed by atoms with Crippen LogP contribution >= 0.6 is 0 Å². The largest absolute Gasteiger partial charge is 0.393 e. The van der Waals surface area contributed by atoms with E-state index in [0.29, 0.717) is 24.2 Å². The van der Waals surface area contributed by atoms with Crippen molar-refractivity contribution in [1.82, 2.24) is 0 Å². The summed E-state index contributed by atoms with van der Waals surface area (Å²) < 4.78 is 0. The van der Waals surface area contributed by atoms with Gasteiger partial charge >= 0.3 is 0 Å². The van der Waals surface area contributed by atoms with Crippen molar-refractivity contribution in [2.24, 2.45) is 23.2 Å². The molecule has 0 spiro atoms. The SMILES string of the molecule is C=C1CC[C@@H](O)C/C1=C\C=C1/CCC[C@]2(C)[C@@H]([C@H](C)CC(O)CC(C)(O)CO)CC[C@@H]12. The first kappa shape index (κ1) is 24.7. The van der Waals surface area contributed by atoms with Crippen molar-refractivity contribution in [3.63, 3.8) is 0 Å². The zero-order chi connectivity index (χ0) is 22.8. The third kappa shape index (κ3) is 5.71. The Morgan fingerprint density at radius 3 is 2.68 bits per heavy atom. The molecule has 176 valence electrons. The van der Waals surface area contributed by atoms with E-state index >= 15 is 0 Å². The highest BCUT2D eigenvalue weighted by molar-refractivity contribution is 5.36. The van der Waals surface area contributed by atoms with Crippen LogP contribution in [-0.4, -0.2) is 44.8 Å². The van der Waals surface area contributed by atoms with Crippen molar-refractivity contribution in [1.29, 1.82) is 0 Å². The van der Waals surface area contributed by atoms with Gasteiger partial charge in [-0.05, 0) is 93.5 Å². The Bertz CT molecular complexity index is 706. The Labute approximate surface area is 188 Å². The minimum Gasteiger partial charge on any atom is -0.393 e. The number of aliphatic hydroxyl groups excluding tert-OH is 3. The molecule has 3 aliphatic carbocycles. The molecule has 4 N–H and O–H groups in total. The van der Waals surface area contributed by atoms with Crippen molar-refractivity contribution >= 4 is 0 Å². The van der Waals surface area contributed by atoms with Crippen LogP contribution in [0.4, 0.5) is 0 Å². The van der Waals surface area contributed by atoms with E-state index in [-0.39, 0.29) is 24.5 Å². The second-order valence-corrected chi connectivity index (χ2v) is 11.3. The summed E-state index contributed by atoms with van der Waals surface area (Å²) >= 11 is 0. The highest BCUT2D eigenvalue weighted by Crippen LogP contribution is 2.60. The van der Waals surface area contributed by atoms with Crippen molar-refractivity contribution in [3.05, 3.63) is 35.5 Å². The van der Waals surface area contributed by atoms with E-state index in [2.05, 4.69) is 32.6 Å². The second kappa shape index (κ2) is 9.91. The number of hydrogen-bond donors (Lipinski definition) is 4. The Morgan fingerprint density at radius 2 is 1.97 bits per heavy atom. The van der Waals surface area contributed by atoms with Crippen molar-refractivity contribution < 1.29 is 20.4 Å². The van der Waals surface area contributed by atoms with Gasteiger partial charge in [0.15, 0.2) is 0 Å². The lowest BCUT2D eigenvalue weighted by molar-refractivity contribution is -0.0439. The average Bonchev–Trinajstić information content (AvgIpc) is 3.05. The Hall–Kier alpha value is -0.940. The van der Waals surface area contributed by atoms with E-state index < -0.39 is 11.7 Å². The Morgan fingerprint density at radius 1 is 1.23 bits per heavy atom. The number of hydrogen-bond acceptors (Lipinski definition) is 4. The summed E-state index contributed by atoms with van der Waals surface area (Å²) in [5, 5.41) is 40.0. The highest BCUT2D eigenvalue weighted by Gasteiger charge is 2.50. The van der Waals surface area contributed by atoms with E-state index in [0.717, 1.165) is 25.7 Å². The minimum atomic E-state index is -1.22. The molecule has 0 aromatic rings. The van der Waals surface area contributed by atoms with Gasteiger partial charge in [0.25, 0.3) is 0 Å². The monoisotopic (exact) mass is 432 g/mol. The van der Waals surface area contributed by atoms with Crippen LogP contribution in [0.1, 0.15) is 85.0 Å². The molecule has 0 aromatic carbocycles. The molecule has 4 heteroatoms. The third-order valence-corrected chi connectivity index (χ3v) is 8.57. The second-order valence-electron chi connectivity index (χ2n) is 11.3. The fourth-order valence-corrected chi connectivity index (χ4v) is 6.86. The molecule has 2 unspecified atom stereocenters. The van der Waals surface area contributed by atoms with Gasteiger partial charge in [0.05, 0.1) is 24.4 Å². The van der Waals surface area contributed by atoms with Crippen molar-refractivity contribution in [2.75, 3.05) is 6.61 Å². The molecule has 0 aliphatic heterocycles. The van der Waals surface area contributed by atoms with Gasteiger partial charge in [-0.25, -0.2) is 0 Å². The van der Waals surface area contributed by atoms with Crippen molar-refractivity contribution in [3.8, 4) is 0 Å². The summed E-state index contributed by atoms with van der Waals surface area (Å²) in [7, 11) is 0. The smallest absolute Gasteiger partial charge is 0.0874 e. The van der Waals surface area contributed by atoms with E-state index in [1.807, 2.05) is 0 Å². The number of fused-ring (bicyclic) bond motifs is 1. The van der Waals surface area contributed by atoms with E-state index in [1.165, 1.54) is 36.8 Å². The van der Waals surface area contributed by atoms with Crippen LogP contribution in [0.3, 0.4) is 0 Å². The predicted octanol–water partition coefficient (Wildman–Crippen LogP) is 4.68. The van der Waals surface area contributed by atoms with Crippen LogP contribution in [0, 0.1) is 23.2 Å². The molecular formula is C27H44O4. The Balaban J connectivity index is 1.70. The molecule has 0 aromatic heterocycles.